The highest BCUT2D eigenvalue weighted by Crippen LogP contribution is 2.25. The summed E-state index contributed by atoms with van der Waals surface area (Å²) in [5.74, 6) is 0.0472. The number of morpholine rings is 1. The highest BCUT2D eigenvalue weighted by molar-refractivity contribution is 5.67. The zero-order chi connectivity index (χ0) is 22.9. The Hall–Kier alpha value is -3.47. The molecule has 11 heteroatoms. The predicted octanol–water partition coefficient (Wildman–Crippen LogP) is 4.28. The van der Waals surface area contributed by atoms with Gasteiger partial charge < -0.3 is 19.7 Å². The molecule has 1 fully saturated rings. The van der Waals surface area contributed by atoms with E-state index >= 15 is 0 Å². The quantitative estimate of drug-likeness (QED) is 0.598. The first-order chi connectivity index (χ1) is 15.6. The molecule has 1 aliphatic rings. The van der Waals surface area contributed by atoms with Gasteiger partial charge in [0.1, 0.15) is 5.75 Å². The van der Waals surface area contributed by atoms with Gasteiger partial charge in [0.05, 0.1) is 25.6 Å². The molecule has 3 aromatic rings. The Kier molecular flexibility index (Phi) is 8.14. The molecular formula is C21H23F3N6O2. The Morgan fingerprint density at radius 3 is 2.47 bits per heavy atom. The van der Waals surface area contributed by atoms with Crippen LogP contribution in [-0.2, 0) is 4.74 Å². The lowest BCUT2D eigenvalue weighted by molar-refractivity contribution is -0.0498. The lowest BCUT2D eigenvalue weighted by Crippen LogP contribution is -2.37. The first-order valence-electron chi connectivity index (χ1n) is 10.1. The van der Waals surface area contributed by atoms with Crippen molar-refractivity contribution in [3.8, 4) is 16.9 Å². The largest absolute Gasteiger partial charge is 0.435 e. The molecule has 0 atom stereocenters. The minimum atomic E-state index is -2.89. The Labute approximate surface area is 183 Å². The molecule has 0 spiro atoms. The fourth-order valence-corrected chi connectivity index (χ4v) is 2.90. The number of hydrogen-bond donors (Lipinski definition) is 1. The molecule has 170 valence electrons. The number of hydrogen-bond acceptors (Lipinski definition) is 8. The summed E-state index contributed by atoms with van der Waals surface area (Å²) in [6, 6.07) is 7.72. The van der Waals surface area contributed by atoms with E-state index in [9.17, 15) is 13.2 Å². The van der Waals surface area contributed by atoms with Crippen LogP contribution >= 0.6 is 0 Å². The molecule has 0 unspecified atom stereocenters. The second-order valence-electron chi connectivity index (χ2n) is 6.32. The van der Waals surface area contributed by atoms with Crippen LogP contribution in [0.25, 0.3) is 11.1 Å². The van der Waals surface area contributed by atoms with Crippen LogP contribution in [-0.4, -0.2) is 53.1 Å². The van der Waals surface area contributed by atoms with Crippen molar-refractivity contribution in [3.63, 3.8) is 0 Å². The number of benzene rings is 1. The average Bonchev–Trinajstić information content (AvgIpc) is 2.83. The maximum Gasteiger partial charge on any atom is 0.387 e. The van der Waals surface area contributed by atoms with Gasteiger partial charge >= 0.3 is 6.61 Å². The molecule has 0 radical (unpaired) electrons. The SMILES string of the molecule is CC.Fc1cnc(N2CCOCC2)nc1Nc1cc(-c2ccc(OC(F)F)cc2)cnn1. The van der Waals surface area contributed by atoms with Crippen LogP contribution in [0.3, 0.4) is 0 Å². The number of nitrogens with one attached hydrogen (secondary N) is 1. The first kappa shape index (κ1) is 23.2. The number of anilines is 3. The van der Waals surface area contributed by atoms with Crippen LogP contribution in [0.1, 0.15) is 13.8 Å². The highest BCUT2D eigenvalue weighted by atomic mass is 19.3. The number of rotatable bonds is 6. The minimum absolute atomic E-state index is 0.0291. The van der Waals surface area contributed by atoms with Gasteiger partial charge in [-0.1, -0.05) is 26.0 Å². The molecule has 1 saturated heterocycles. The fraction of sp³-hybridized carbons (Fsp3) is 0.333. The van der Waals surface area contributed by atoms with Crippen molar-refractivity contribution in [3.05, 3.63) is 48.5 Å². The normalized spacial score (nSPS) is 13.4. The predicted molar refractivity (Wildman–Crippen MR) is 114 cm³/mol. The van der Waals surface area contributed by atoms with Crippen molar-refractivity contribution in [2.24, 2.45) is 0 Å². The Balaban J connectivity index is 0.00000141. The van der Waals surface area contributed by atoms with Crippen LogP contribution in [0.2, 0.25) is 0 Å². The van der Waals surface area contributed by atoms with E-state index in [4.69, 9.17) is 4.74 Å². The van der Waals surface area contributed by atoms with Gasteiger partial charge in [0.15, 0.2) is 17.5 Å². The first-order valence-corrected chi connectivity index (χ1v) is 10.1. The molecule has 8 nitrogen and oxygen atoms in total. The number of ether oxygens (including phenoxy) is 2. The fourth-order valence-electron chi connectivity index (χ4n) is 2.90. The van der Waals surface area contributed by atoms with Gasteiger partial charge in [-0.25, -0.2) is 9.37 Å². The Bertz CT molecular complexity index is 1000. The van der Waals surface area contributed by atoms with E-state index < -0.39 is 12.4 Å². The third-order valence-corrected chi connectivity index (χ3v) is 4.34. The zero-order valence-corrected chi connectivity index (χ0v) is 17.6. The summed E-state index contributed by atoms with van der Waals surface area (Å²) in [4.78, 5) is 10.2. The second kappa shape index (κ2) is 11.2. The van der Waals surface area contributed by atoms with Crippen molar-refractivity contribution >= 4 is 17.6 Å². The zero-order valence-electron chi connectivity index (χ0n) is 17.6. The molecule has 0 amide bonds. The Morgan fingerprint density at radius 2 is 1.78 bits per heavy atom. The number of nitrogens with zero attached hydrogens (tertiary/aromatic N) is 5. The van der Waals surface area contributed by atoms with Crippen LogP contribution < -0.4 is 15.0 Å². The second-order valence-corrected chi connectivity index (χ2v) is 6.32. The van der Waals surface area contributed by atoms with E-state index in [2.05, 4.69) is 30.2 Å². The van der Waals surface area contributed by atoms with Crippen LogP contribution in [0.15, 0.2) is 42.7 Å². The molecule has 0 aliphatic carbocycles. The molecule has 3 heterocycles. The third kappa shape index (κ3) is 6.03. The van der Waals surface area contributed by atoms with Crippen molar-refractivity contribution in [1.29, 1.82) is 0 Å². The average molecular weight is 448 g/mol. The number of alkyl halides is 2. The molecule has 1 N–H and O–H groups in total. The van der Waals surface area contributed by atoms with E-state index in [0.717, 1.165) is 6.20 Å². The van der Waals surface area contributed by atoms with Crippen molar-refractivity contribution in [2.75, 3.05) is 36.5 Å². The molecule has 32 heavy (non-hydrogen) atoms. The summed E-state index contributed by atoms with van der Waals surface area (Å²) in [7, 11) is 0. The summed E-state index contributed by atoms with van der Waals surface area (Å²) < 4.78 is 48.5. The standard InChI is InChI=1S/C19H17F3N6O2.C2H6/c20-15-11-23-19(28-5-7-29-8-6-28)26-17(15)25-16-9-13(10-24-27-16)12-1-3-14(4-2-12)30-18(21)22;1-2/h1-4,9-11,18H,5-8H2,(H,23,25,26,27);1-2H3. The number of aromatic nitrogens is 4. The van der Waals surface area contributed by atoms with Gasteiger partial charge in [-0.05, 0) is 23.8 Å². The lowest BCUT2D eigenvalue weighted by atomic mass is 10.1. The summed E-state index contributed by atoms with van der Waals surface area (Å²) in [6.45, 7) is 3.45. The summed E-state index contributed by atoms with van der Waals surface area (Å²) in [5.41, 5.74) is 1.35. The van der Waals surface area contributed by atoms with E-state index in [1.54, 1.807) is 18.2 Å². The molecule has 1 aromatic carbocycles. The minimum Gasteiger partial charge on any atom is -0.435 e. The molecule has 0 saturated carbocycles. The van der Waals surface area contributed by atoms with Gasteiger partial charge in [0.25, 0.3) is 0 Å². The Morgan fingerprint density at radius 1 is 1.06 bits per heavy atom. The van der Waals surface area contributed by atoms with E-state index in [1.807, 2.05) is 18.7 Å². The van der Waals surface area contributed by atoms with Gasteiger partial charge in [0.2, 0.25) is 5.95 Å². The van der Waals surface area contributed by atoms with Crippen molar-refractivity contribution in [1.82, 2.24) is 20.2 Å². The summed E-state index contributed by atoms with van der Waals surface area (Å²) >= 11 is 0. The van der Waals surface area contributed by atoms with Crippen LogP contribution in [0.4, 0.5) is 30.8 Å². The van der Waals surface area contributed by atoms with Gasteiger partial charge in [-0.2, -0.15) is 18.9 Å². The summed E-state index contributed by atoms with van der Waals surface area (Å²) in [6.07, 6.45) is 2.60. The maximum atomic E-state index is 14.2. The van der Waals surface area contributed by atoms with Crippen molar-refractivity contribution in [2.45, 2.75) is 20.5 Å². The van der Waals surface area contributed by atoms with E-state index in [1.165, 1.54) is 18.3 Å². The molecule has 2 aromatic heterocycles. The third-order valence-electron chi connectivity index (χ3n) is 4.34. The smallest absolute Gasteiger partial charge is 0.387 e. The van der Waals surface area contributed by atoms with Crippen LogP contribution in [0.5, 0.6) is 5.75 Å². The maximum absolute atomic E-state index is 14.2. The lowest BCUT2D eigenvalue weighted by Gasteiger charge is -2.26. The molecule has 4 rings (SSSR count). The topological polar surface area (TPSA) is 85.3 Å². The van der Waals surface area contributed by atoms with Gasteiger partial charge in [-0.15, -0.1) is 5.10 Å². The number of halogens is 3. The van der Waals surface area contributed by atoms with Crippen LogP contribution in [0, 0.1) is 5.82 Å². The monoisotopic (exact) mass is 448 g/mol. The van der Waals surface area contributed by atoms with E-state index in [0.29, 0.717) is 43.4 Å². The van der Waals surface area contributed by atoms with Gasteiger partial charge in [0, 0.05) is 18.7 Å². The molecule has 1 aliphatic heterocycles. The molecular weight excluding hydrogens is 425 g/mol. The van der Waals surface area contributed by atoms with Gasteiger partial charge in [-0.3, -0.25) is 0 Å². The highest BCUT2D eigenvalue weighted by Gasteiger charge is 2.16. The molecule has 0 bridgehead atoms. The van der Waals surface area contributed by atoms with Crippen molar-refractivity contribution < 1.29 is 22.6 Å². The summed E-state index contributed by atoms with van der Waals surface area (Å²) in [5, 5.41) is 10.7. The van der Waals surface area contributed by atoms with E-state index in [-0.39, 0.29) is 17.4 Å².